The van der Waals surface area contributed by atoms with E-state index in [1.54, 1.807) is 0 Å². The normalized spacial score (nSPS) is 32.6. The second-order valence-corrected chi connectivity index (χ2v) is 5.45. The monoisotopic (exact) mass is 232 g/mol. The molecular weight excluding hydrogens is 212 g/mol. The molecule has 0 radical (unpaired) electrons. The average molecular weight is 232 g/mol. The molecule has 1 heterocycles. The summed E-state index contributed by atoms with van der Waals surface area (Å²) in [7, 11) is 2.21. The quantitative estimate of drug-likeness (QED) is 0.792. The van der Waals surface area contributed by atoms with Crippen LogP contribution in [0.25, 0.3) is 0 Å². The van der Waals surface area contributed by atoms with Crippen LogP contribution >= 0.6 is 0 Å². The molecule has 1 saturated carbocycles. The zero-order valence-electron chi connectivity index (χ0n) is 10.3. The average Bonchev–Trinajstić information content (AvgIpc) is 2.83. The summed E-state index contributed by atoms with van der Waals surface area (Å²) in [6.07, 6.45) is 2.91. The van der Waals surface area contributed by atoms with Gasteiger partial charge < -0.3 is 15.4 Å². The van der Waals surface area contributed by atoms with Gasteiger partial charge in [-0.25, -0.2) is 0 Å². The summed E-state index contributed by atoms with van der Waals surface area (Å²) in [6, 6.07) is 7.76. The second kappa shape index (κ2) is 4.22. The van der Waals surface area contributed by atoms with Gasteiger partial charge in [0.25, 0.3) is 0 Å². The van der Waals surface area contributed by atoms with Gasteiger partial charge in [-0.05, 0) is 50.1 Å². The van der Waals surface area contributed by atoms with Gasteiger partial charge in [0.1, 0.15) is 11.9 Å². The van der Waals surface area contributed by atoms with Crippen molar-refractivity contribution in [1.29, 1.82) is 0 Å². The Bertz CT molecular complexity index is 390. The van der Waals surface area contributed by atoms with E-state index in [9.17, 15) is 0 Å². The summed E-state index contributed by atoms with van der Waals surface area (Å²) in [5.74, 6) is 2.52. The molecule has 17 heavy (non-hydrogen) atoms. The van der Waals surface area contributed by atoms with E-state index >= 15 is 0 Å². The summed E-state index contributed by atoms with van der Waals surface area (Å²) in [5, 5.41) is 0. The van der Waals surface area contributed by atoms with Crippen molar-refractivity contribution in [2.45, 2.75) is 18.9 Å². The summed E-state index contributed by atoms with van der Waals surface area (Å²) in [5.41, 5.74) is 6.47. The Kier molecular flexibility index (Phi) is 2.71. The van der Waals surface area contributed by atoms with Crippen molar-refractivity contribution in [3.63, 3.8) is 0 Å². The number of nitrogen functional groups attached to an aromatic ring is 1. The second-order valence-electron chi connectivity index (χ2n) is 5.45. The summed E-state index contributed by atoms with van der Waals surface area (Å²) in [4.78, 5) is 2.42. The first-order valence-corrected chi connectivity index (χ1v) is 6.43. The van der Waals surface area contributed by atoms with Crippen LogP contribution in [0.3, 0.4) is 0 Å². The number of benzene rings is 1. The number of nitrogens with two attached hydrogens (primary N) is 1. The van der Waals surface area contributed by atoms with Crippen LogP contribution in [0.5, 0.6) is 5.75 Å². The lowest BCUT2D eigenvalue weighted by atomic mass is 9.99. The molecule has 1 aliphatic heterocycles. The SMILES string of the molecule is CN1C[C@H]2CC[C@@H](Oc3ccc(N)cc3)[C@@H]2C1. The Balaban J connectivity index is 1.68. The van der Waals surface area contributed by atoms with Crippen molar-refractivity contribution in [2.24, 2.45) is 11.8 Å². The molecule has 0 aromatic heterocycles. The van der Waals surface area contributed by atoms with E-state index in [4.69, 9.17) is 10.5 Å². The van der Waals surface area contributed by atoms with Crippen LogP contribution < -0.4 is 10.5 Å². The first-order chi connectivity index (χ1) is 8.22. The Morgan fingerprint density at radius 3 is 2.71 bits per heavy atom. The number of likely N-dealkylation sites (tertiary alicyclic amines) is 1. The lowest BCUT2D eigenvalue weighted by molar-refractivity contribution is 0.151. The Morgan fingerprint density at radius 1 is 1.18 bits per heavy atom. The van der Waals surface area contributed by atoms with E-state index in [0.717, 1.165) is 23.3 Å². The van der Waals surface area contributed by atoms with Gasteiger partial charge >= 0.3 is 0 Å². The Labute approximate surface area is 103 Å². The minimum absolute atomic E-state index is 0.397. The standard InChI is InChI=1S/C14H20N2O/c1-16-8-10-2-7-14(13(10)9-16)17-12-5-3-11(15)4-6-12/h3-6,10,13-14H,2,7-9,15H2,1H3/t10-,13-,14-/m1/s1. The largest absolute Gasteiger partial charge is 0.490 e. The first-order valence-electron chi connectivity index (χ1n) is 6.43. The zero-order chi connectivity index (χ0) is 11.8. The summed E-state index contributed by atoms with van der Waals surface area (Å²) < 4.78 is 6.11. The highest BCUT2D eigenvalue weighted by Gasteiger charge is 2.42. The molecule has 1 aromatic carbocycles. The number of fused-ring (bicyclic) bond motifs is 1. The van der Waals surface area contributed by atoms with Crippen LogP contribution in [-0.4, -0.2) is 31.1 Å². The van der Waals surface area contributed by atoms with Gasteiger partial charge in [-0.2, -0.15) is 0 Å². The highest BCUT2D eigenvalue weighted by atomic mass is 16.5. The predicted octanol–water partition coefficient (Wildman–Crippen LogP) is 1.99. The number of nitrogens with zero attached hydrogens (tertiary/aromatic N) is 1. The third kappa shape index (κ3) is 2.12. The third-order valence-corrected chi connectivity index (χ3v) is 4.14. The molecule has 0 spiro atoms. The van der Waals surface area contributed by atoms with Gasteiger partial charge in [0.05, 0.1) is 0 Å². The number of hydrogen-bond acceptors (Lipinski definition) is 3. The maximum atomic E-state index is 6.11. The molecule has 3 nitrogen and oxygen atoms in total. The number of rotatable bonds is 2. The smallest absolute Gasteiger partial charge is 0.119 e. The van der Waals surface area contributed by atoms with E-state index < -0.39 is 0 Å². The lowest BCUT2D eigenvalue weighted by Gasteiger charge is -2.20. The Morgan fingerprint density at radius 2 is 1.94 bits per heavy atom. The Hall–Kier alpha value is -1.22. The fourth-order valence-electron chi connectivity index (χ4n) is 3.31. The maximum absolute atomic E-state index is 6.11. The van der Waals surface area contributed by atoms with Crippen molar-refractivity contribution in [1.82, 2.24) is 4.90 Å². The number of hydrogen-bond donors (Lipinski definition) is 1. The van der Waals surface area contributed by atoms with E-state index in [-0.39, 0.29) is 0 Å². The maximum Gasteiger partial charge on any atom is 0.119 e. The molecule has 0 amide bonds. The van der Waals surface area contributed by atoms with Gasteiger partial charge in [-0.1, -0.05) is 0 Å². The van der Waals surface area contributed by atoms with Gasteiger partial charge in [-0.15, -0.1) is 0 Å². The molecule has 0 unspecified atom stereocenters. The molecule has 2 fully saturated rings. The molecule has 2 aliphatic rings. The predicted molar refractivity (Wildman–Crippen MR) is 69.0 cm³/mol. The summed E-state index contributed by atoms with van der Waals surface area (Å²) in [6.45, 7) is 2.43. The van der Waals surface area contributed by atoms with Crippen molar-refractivity contribution >= 4 is 5.69 Å². The van der Waals surface area contributed by atoms with E-state index in [1.165, 1.54) is 25.9 Å². The van der Waals surface area contributed by atoms with Crippen LogP contribution in [0.1, 0.15) is 12.8 Å². The van der Waals surface area contributed by atoms with Crippen molar-refractivity contribution in [2.75, 3.05) is 25.9 Å². The van der Waals surface area contributed by atoms with E-state index in [2.05, 4.69) is 11.9 Å². The fourth-order valence-corrected chi connectivity index (χ4v) is 3.31. The van der Waals surface area contributed by atoms with Crippen LogP contribution in [0.2, 0.25) is 0 Å². The highest BCUT2D eigenvalue weighted by molar-refractivity contribution is 5.41. The minimum Gasteiger partial charge on any atom is -0.490 e. The molecule has 92 valence electrons. The van der Waals surface area contributed by atoms with Gasteiger partial charge in [0.2, 0.25) is 0 Å². The molecule has 2 N–H and O–H groups in total. The van der Waals surface area contributed by atoms with Crippen molar-refractivity contribution in [3.8, 4) is 5.75 Å². The van der Waals surface area contributed by atoms with Crippen LogP contribution in [0.4, 0.5) is 5.69 Å². The van der Waals surface area contributed by atoms with E-state index in [1.807, 2.05) is 24.3 Å². The van der Waals surface area contributed by atoms with Gasteiger partial charge in [-0.3, -0.25) is 0 Å². The minimum atomic E-state index is 0.397. The topological polar surface area (TPSA) is 38.5 Å². The van der Waals surface area contributed by atoms with Crippen molar-refractivity contribution in [3.05, 3.63) is 24.3 Å². The molecule has 1 aliphatic carbocycles. The van der Waals surface area contributed by atoms with Crippen LogP contribution in [-0.2, 0) is 0 Å². The highest BCUT2D eigenvalue weighted by Crippen LogP contribution is 2.39. The van der Waals surface area contributed by atoms with Gasteiger partial charge in [0, 0.05) is 24.7 Å². The zero-order valence-corrected chi connectivity index (χ0v) is 10.3. The lowest BCUT2D eigenvalue weighted by Crippen LogP contribution is -2.26. The molecule has 3 atom stereocenters. The van der Waals surface area contributed by atoms with Gasteiger partial charge in [0.15, 0.2) is 0 Å². The molecule has 3 heteroatoms. The van der Waals surface area contributed by atoms with Crippen LogP contribution in [0, 0.1) is 11.8 Å². The number of ether oxygens (including phenoxy) is 1. The fraction of sp³-hybridized carbons (Fsp3) is 0.571. The molecular formula is C14H20N2O. The van der Waals surface area contributed by atoms with Crippen LogP contribution in [0.15, 0.2) is 24.3 Å². The first kappa shape index (κ1) is 10.9. The molecule has 1 aromatic rings. The summed E-state index contributed by atoms with van der Waals surface area (Å²) >= 11 is 0. The van der Waals surface area contributed by atoms with Crippen molar-refractivity contribution < 1.29 is 4.74 Å². The third-order valence-electron chi connectivity index (χ3n) is 4.14. The van der Waals surface area contributed by atoms with E-state index in [0.29, 0.717) is 6.10 Å². The number of anilines is 1. The molecule has 0 bridgehead atoms. The molecule has 3 rings (SSSR count). The molecule has 1 saturated heterocycles.